The number of carbonyl (C=O) groups is 2. The molecule has 0 unspecified atom stereocenters. The smallest absolute Gasteiger partial charge is 0.317 e. The monoisotopic (exact) mass is 214 g/mol. The van der Waals surface area contributed by atoms with Crippen molar-refractivity contribution in [2.45, 2.75) is 25.8 Å². The molecule has 1 fully saturated rings. The van der Waals surface area contributed by atoms with Crippen LogP contribution in [0.15, 0.2) is 0 Å². The molecule has 1 atom stereocenters. The third-order valence-electron chi connectivity index (χ3n) is 2.86. The van der Waals surface area contributed by atoms with Gasteiger partial charge in [-0.15, -0.1) is 0 Å². The van der Waals surface area contributed by atoms with Crippen LogP contribution in [-0.2, 0) is 9.59 Å². The van der Waals surface area contributed by atoms with Crippen LogP contribution in [0, 0.1) is 0 Å². The quantitative estimate of drug-likeness (QED) is 0.716. The average molecular weight is 214 g/mol. The molecule has 1 heterocycles. The Morgan fingerprint density at radius 2 is 2.20 bits per heavy atom. The molecule has 1 N–H and O–H groups in total. The Labute approximate surface area is 89.7 Å². The van der Waals surface area contributed by atoms with Crippen molar-refractivity contribution >= 4 is 11.9 Å². The number of carboxylic acids is 1. The molecule has 0 aromatic carbocycles. The van der Waals surface area contributed by atoms with E-state index in [1.54, 1.807) is 11.9 Å². The number of amides is 1. The lowest BCUT2D eigenvalue weighted by Gasteiger charge is -2.26. The molecule has 15 heavy (non-hydrogen) atoms. The molecule has 0 radical (unpaired) electrons. The van der Waals surface area contributed by atoms with E-state index in [-0.39, 0.29) is 18.5 Å². The standard InChI is InChI=1S/C10H18N2O3/c1-8(13)11(2)6-9-4-3-5-12(9)7-10(14)15/h9H,3-7H2,1-2H3,(H,14,15)/t9-/m1/s1. The van der Waals surface area contributed by atoms with Crippen LogP contribution in [0.2, 0.25) is 0 Å². The first-order valence-corrected chi connectivity index (χ1v) is 5.18. The lowest BCUT2D eigenvalue weighted by molar-refractivity contribution is -0.138. The van der Waals surface area contributed by atoms with Gasteiger partial charge in [0.25, 0.3) is 0 Å². The molecule has 0 bridgehead atoms. The minimum Gasteiger partial charge on any atom is -0.480 e. The molecular weight excluding hydrogens is 196 g/mol. The summed E-state index contributed by atoms with van der Waals surface area (Å²) in [7, 11) is 1.75. The predicted octanol–water partition coefficient (Wildman–Crippen LogP) is 0.0137. The fourth-order valence-electron chi connectivity index (χ4n) is 1.93. The highest BCUT2D eigenvalue weighted by molar-refractivity contribution is 5.73. The number of hydrogen-bond donors (Lipinski definition) is 1. The van der Waals surface area contributed by atoms with E-state index in [1.165, 1.54) is 6.92 Å². The van der Waals surface area contributed by atoms with Gasteiger partial charge in [-0.2, -0.15) is 0 Å². The number of likely N-dealkylation sites (N-methyl/N-ethyl adjacent to an activating group) is 1. The largest absolute Gasteiger partial charge is 0.480 e. The molecule has 5 heteroatoms. The Morgan fingerprint density at radius 3 is 2.73 bits per heavy atom. The molecule has 1 saturated heterocycles. The van der Waals surface area contributed by atoms with Gasteiger partial charge in [-0.05, 0) is 19.4 Å². The van der Waals surface area contributed by atoms with Crippen LogP contribution < -0.4 is 0 Å². The molecular formula is C10H18N2O3. The number of aliphatic carboxylic acids is 1. The fourth-order valence-corrected chi connectivity index (χ4v) is 1.93. The number of nitrogens with zero attached hydrogens (tertiary/aromatic N) is 2. The highest BCUT2D eigenvalue weighted by Crippen LogP contribution is 2.17. The maximum absolute atomic E-state index is 11.1. The molecule has 0 aromatic rings. The Hall–Kier alpha value is -1.10. The Morgan fingerprint density at radius 1 is 1.53 bits per heavy atom. The number of rotatable bonds is 4. The minimum atomic E-state index is -0.799. The molecule has 1 rings (SSSR count). The van der Waals surface area contributed by atoms with Crippen molar-refractivity contribution in [3.05, 3.63) is 0 Å². The van der Waals surface area contributed by atoms with Crippen LogP contribution in [0.3, 0.4) is 0 Å². The Balaban J connectivity index is 2.46. The normalized spacial score (nSPS) is 21.6. The summed E-state index contributed by atoms with van der Waals surface area (Å²) in [5.41, 5.74) is 0. The van der Waals surface area contributed by atoms with Crippen LogP contribution in [0.4, 0.5) is 0 Å². The second kappa shape index (κ2) is 5.11. The second-order valence-electron chi connectivity index (χ2n) is 4.06. The number of likely N-dealkylation sites (tertiary alicyclic amines) is 1. The zero-order valence-electron chi connectivity index (χ0n) is 9.27. The summed E-state index contributed by atoms with van der Waals surface area (Å²) in [5.74, 6) is -0.774. The summed E-state index contributed by atoms with van der Waals surface area (Å²) < 4.78 is 0. The van der Waals surface area contributed by atoms with Gasteiger partial charge in [0.2, 0.25) is 5.91 Å². The van der Waals surface area contributed by atoms with Crippen molar-refractivity contribution < 1.29 is 14.7 Å². The van der Waals surface area contributed by atoms with Crippen LogP contribution in [0.1, 0.15) is 19.8 Å². The molecule has 0 aromatic heterocycles. The molecule has 0 spiro atoms. The van der Waals surface area contributed by atoms with Gasteiger partial charge in [-0.25, -0.2) is 0 Å². The summed E-state index contributed by atoms with van der Waals surface area (Å²) >= 11 is 0. The summed E-state index contributed by atoms with van der Waals surface area (Å²) in [6, 6.07) is 0.204. The first-order chi connectivity index (χ1) is 7.00. The molecule has 86 valence electrons. The highest BCUT2D eigenvalue weighted by atomic mass is 16.4. The summed E-state index contributed by atoms with van der Waals surface area (Å²) in [5, 5.41) is 8.71. The third-order valence-corrected chi connectivity index (χ3v) is 2.86. The fraction of sp³-hybridized carbons (Fsp3) is 0.800. The average Bonchev–Trinajstić information content (AvgIpc) is 2.51. The molecule has 1 aliphatic rings. The maximum atomic E-state index is 11.1. The van der Waals surface area contributed by atoms with Crippen LogP contribution in [0.5, 0.6) is 0 Å². The molecule has 1 amide bonds. The zero-order chi connectivity index (χ0) is 11.4. The van der Waals surface area contributed by atoms with E-state index in [4.69, 9.17) is 5.11 Å². The van der Waals surface area contributed by atoms with Crippen molar-refractivity contribution in [3.63, 3.8) is 0 Å². The van der Waals surface area contributed by atoms with Crippen LogP contribution >= 0.6 is 0 Å². The van der Waals surface area contributed by atoms with Gasteiger partial charge >= 0.3 is 5.97 Å². The summed E-state index contributed by atoms with van der Waals surface area (Å²) in [6.07, 6.45) is 1.99. The first kappa shape index (κ1) is 12.0. The van der Waals surface area contributed by atoms with Crippen LogP contribution in [0.25, 0.3) is 0 Å². The maximum Gasteiger partial charge on any atom is 0.317 e. The molecule has 1 aliphatic heterocycles. The van der Waals surface area contributed by atoms with Crippen LogP contribution in [-0.4, -0.2) is 59.5 Å². The zero-order valence-corrected chi connectivity index (χ0v) is 9.27. The van der Waals surface area contributed by atoms with Gasteiger partial charge in [0.15, 0.2) is 0 Å². The van der Waals surface area contributed by atoms with Crippen molar-refractivity contribution in [1.82, 2.24) is 9.80 Å². The Bertz CT molecular complexity index is 255. The van der Waals surface area contributed by atoms with Crippen molar-refractivity contribution in [2.24, 2.45) is 0 Å². The van der Waals surface area contributed by atoms with E-state index in [1.807, 2.05) is 4.90 Å². The van der Waals surface area contributed by atoms with E-state index >= 15 is 0 Å². The Kier molecular flexibility index (Phi) is 4.08. The van der Waals surface area contributed by atoms with Gasteiger partial charge in [-0.1, -0.05) is 0 Å². The number of hydrogen-bond acceptors (Lipinski definition) is 3. The lowest BCUT2D eigenvalue weighted by Crippen LogP contribution is -2.42. The van der Waals surface area contributed by atoms with Gasteiger partial charge < -0.3 is 10.0 Å². The van der Waals surface area contributed by atoms with Gasteiger partial charge in [0, 0.05) is 26.6 Å². The van der Waals surface area contributed by atoms with Crippen molar-refractivity contribution in [2.75, 3.05) is 26.7 Å². The van der Waals surface area contributed by atoms with Crippen molar-refractivity contribution in [3.8, 4) is 0 Å². The second-order valence-corrected chi connectivity index (χ2v) is 4.06. The highest BCUT2D eigenvalue weighted by Gasteiger charge is 2.27. The van der Waals surface area contributed by atoms with E-state index in [9.17, 15) is 9.59 Å². The first-order valence-electron chi connectivity index (χ1n) is 5.18. The minimum absolute atomic E-state index is 0.0252. The van der Waals surface area contributed by atoms with Gasteiger partial charge in [0.05, 0.1) is 6.54 Å². The van der Waals surface area contributed by atoms with E-state index in [2.05, 4.69) is 0 Å². The summed E-state index contributed by atoms with van der Waals surface area (Å²) in [4.78, 5) is 25.2. The van der Waals surface area contributed by atoms with E-state index in [0.29, 0.717) is 6.54 Å². The topological polar surface area (TPSA) is 60.9 Å². The van der Waals surface area contributed by atoms with Gasteiger partial charge in [0.1, 0.15) is 0 Å². The molecule has 0 aliphatic carbocycles. The third kappa shape index (κ3) is 3.51. The summed E-state index contributed by atoms with van der Waals surface area (Å²) in [6.45, 7) is 3.05. The predicted molar refractivity (Wildman–Crippen MR) is 55.5 cm³/mol. The lowest BCUT2D eigenvalue weighted by atomic mass is 10.2. The SMILES string of the molecule is CC(=O)N(C)C[C@H]1CCCN1CC(=O)O. The van der Waals surface area contributed by atoms with Crippen molar-refractivity contribution in [1.29, 1.82) is 0 Å². The number of carboxylic acid groups (broad SMARTS) is 1. The molecule has 0 saturated carbocycles. The van der Waals surface area contributed by atoms with E-state index in [0.717, 1.165) is 19.4 Å². The number of carbonyl (C=O) groups excluding carboxylic acids is 1. The molecule has 5 nitrogen and oxygen atoms in total. The van der Waals surface area contributed by atoms with E-state index < -0.39 is 5.97 Å². The van der Waals surface area contributed by atoms with Gasteiger partial charge in [-0.3, -0.25) is 14.5 Å².